The zero-order chi connectivity index (χ0) is 19.9. The molecule has 0 radical (unpaired) electrons. The van der Waals surface area contributed by atoms with Gasteiger partial charge in [0, 0.05) is 43.0 Å². The van der Waals surface area contributed by atoms with Crippen molar-refractivity contribution in [1.82, 2.24) is 19.5 Å². The van der Waals surface area contributed by atoms with Gasteiger partial charge in [-0.3, -0.25) is 0 Å². The van der Waals surface area contributed by atoms with Crippen molar-refractivity contribution in [3.63, 3.8) is 0 Å². The van der Waals surface area contributed by atoms with Crippen LogP contribution in [0.5, 0.6) is 0 Å². The molecule has 0 spiro atoms. The summed E-state index contributed by atoms with van der Waals surface area (Å²) in [6.45, 7) is 1.53. The number of nitrogens with one attached hydrogen (secondary N) is 1. The normalized spacial score (nSPS) is 17.9. The SMILES string of the molecule is Cn1c(N2CCC[C@@H](Nc3ncc(C(F)(F)F)cn3)C2)nc2cc(Br)ccc21. The second-order valence-corrected chi connectivity index (χ2v) is 7.74. The first-order valence-corrected chi connectivity index (χ1v) is 9.63. The number of hydrogen-bond acceptors (Lipinski definition) is 5. The van der Waals surface area contributed by atoms with E-state index >= 15 is 0 Å². The Morgan fingerprint density at radius 3 is 2.68 bits per heavy atom. The van der Waals surface area contributed by atoms with Crippen LogP contribution in [0.15, 0.2) is 35.1 Å². The van der Waals surface area contributed by atoms with Crippen molar-refractivity contribution >= 4 is 38.9 Å². The topological polar surface area (TPSA) is 58.9 Å². The quantitative estimate of drug-likeness (QED) is 0.641. The Morgan fingerprint density at radius 1 is 1.21 bits per heavy atom. The fourth-order valence-electron chi connectivity index (χ4n) is 3.45. The summed E-state index contributed by atoms with van der Waals surface area (Å²) in [5.41, 5.74) is 1.10. The van der Waals surface area contributed by atoms with E-state index in [-0.39, 0.29) is 12.0 Å². The maximum absolute atomic E-state index is 12.6. The van der Waals surface area contributed by atoms with Crippen LogP contribution < -0.4 is 10.2 Å². The minimum atomic E-state index is -4.44. The number of halogens is 4. The summed E-state index contributed by atoms with van der Waals surface area (Å²) in [4.78, 5) is 14.6. The highest BCUT2D eigenvalue weighted by molar-refractivity contribution is 9.10. The Bertz CT molecular complexity index is 985. The number of rotatable bonds is 3. The minimum absolute atomic E-state index is 0.0250. The maximum atomic E-state index is 12.6. The second kappa shape index (κ2) is 7.23. The first-order chi connectivity index (χ1) is 13.3. The van der Waals surface area contributed by atoms with Crippen LogP contribution in [0.25, 0.3) is 11.0 Å². The van der Waals surface area contributed by atoms with Crippen molar-refractivity contribution in [1.29, 1.82) is 0 Å². The first-order valence-electron chi connectivity index (χ1n) is 8.84. The number of imidazole rings is 1. The van der Waals surface area contributed by atoms with E-state index in [1.807, 2.05) is 25.2 Å². The van der Waals surface area contributed by atoms with Gasteiger partial charge in [0.15, 0.2) is 0 Å². The summed E-state index contributed by atoms with van der Waals surface area (Å²) in [7, 11) is 1.98. The van der Waals surface area contributed by atoms with E-state index in [4.69, 9.17) is 4.98 Å². The molecule has 1 saturated heterocycles. The van der Waals surface area contributed by atoms with Gasteiger partial charge in [-0.1, -0.05) is 15.9 Å². The van der Waals surface area contributed by atoms with Crippen LogP contribution in [-0.2, 0) is 13.2 Å². The number of aryl methyl sites for hydroxylation is 1. The number of hydrogen-bond donors (Lipinski definition) is 1. The number of benzene rings is 1. The lowest BCUT2D eigenvalue weighted by atomic mass is 10.1. The molecule has 0 unspecified atom stereocenters. The number of nitrogens with zero attached hydrogens (tertiary/aromatic N) is 5. The molecule has 0 aliphatic carbocycles. The molecular weight excluding hydrogens is 437 g/mol. The molecule has 10 heteroatoms. The highest BCUT2D eigenvalue weighted by Gasteiger charge is 2.31. The molecule has 1 atom stereocenters. The maximum Gasteiger partial charge on any atom is 0.419 e. The van der Waals surface area contributed by atoms with Crippen LogP contribution in [-0.4, -0.2) is 38.7 Å². The lowest BCUT2D eigenvalue weighted by Crippen LogP contribution is -2.43. The molecule has 4 rings (SSSR count). The van der Waals surface area contributed by atoms with Crippen LogP contribution in [0.4, 0.5) is 25.1 Å². The van der Waals surface area contributed by atoms with E-state index in [2.05, 4.69) is 40.7 Å². The summed E-state index contributed by atoms with van der Waals surface area (Å²) >= 11 is 3.47. The minimum Gasteiger partial charge on any atom is -0.350 e. The molecule has 1 aromatic carbocycles. The van der Waals surface area contributed by atoms with Crippen molar-refractivity contribution in [3.05, 3.63) is 40.6 Å². The van der Waals surface area contributed by atoms with Crippen molar-refractivity contribution in [2.24, 2.45) is 7.05 Å². The first kappa shape index (κ1) is 19.0. The lowest BCUT2D eigenvalue weighted by Gasteiger charge is -2.33. The van der Waals surface area contributed by atoms with E-state index in [1.54, 1.807) is 0 Å². The third-order valence-electron chi connectivity index (χ3n) is 4.84. The van der Waals surface area contributed by atoms with Crippen molar-refractivity contribution in [3.8, 4) is 0 Å². The molecule has 1 aliphatic heterocycles. The standard InChI is InChI=1S/C18H18BrF3N6/c1-27-15-5-4-12(19)7-14(15)26-17(27)28-6-2-3-13(10-28)25-16-23-8-11(9-24-16)18(20,21)22/h4-5,7-9,13H,2-3,6,10H2,1H3,(H,23,24,25)/t13-/m1/s1. The van der Waals surface area contributed by atoms with E-state index in [9.17, 15) is 13.2 Å². The van der Waals surface area contributed by atoms with Crippen LogP contribution in [0.2, 0.25) is 0 Å². The second-order valence-electron chi connectivity index (χ2n) is 6.83. The predicted octanol–water partition coefficient (Wildman–Crippen LogP) is 4.23. The van der Waals surface area contributed by atoms with Gasteiger partial charge in [-0.25, -0.2) is 15.0 Å². The van der Waals surface area contributed by atoms with E-state index in [1.165, 1.54) is 0 Å². The number of aromatic nitrogens is 4. The lowest BCUT2D eigenvalue weighted by molar-refractivity contribution is -0.138. The number of fused-ring (bicyclic) bond motifs is 1. The Balaban J connectivity index is 1.50. The molecule has 6 nitrogen and oxygen atoms in total. The molecule has 1 aliphatic rings. The Kier molecular flexibility index (Phi) is 4.90. The highest BCUT2D eigenvalue weighted by atomic mass is 79.9. The fraction of sp³-hybridized carbons (Fsp3) is 0.389. The Morgan fingerprint density at radius 2 is 1.96 bits per heavy atom. The number of piperidine rings is 1. The van der Waals surface area contributed by atoms with Crippen molar-refractivity contribution < 1.29 is 13.2 Å². The van der Waals surface area contributed by atoms with Gasteiger partial charge in [0.2, 0.25) is 11.9 Å². The fourth-order valence-corrected chi connectivity index (χ4v) is 3.80. The predicted molar refractivity (Wildman–Crippen MR) is 104 cm³/mol. The molecule has 1 fully saturated rings. The smallest absolute Gasteiger partial charge is 0.350 e. The van der Waals surface area contributed by atoms with Crippen LogP contribution in [0.1, 0.15) is 18.4 Å². The molecule has 148 valence electrons. The van der Waals surface area contributed by atoms with E-state index in [0.29, 0.717) is 6.54 Å². The zero-order valence-electron chi connectivity index (χ0n) is 15.0. The molecule has 3 heterocycles. The highest BCUT2D eigenvalue weighted by Crippen LogP contribution is 2.29. The largest absolute Gasteiger partial charge is 0.419 e. The molecular formula is C18H18BrF3N6. The average Bonchev–Trinajstić information content (AvgIpc) is 2.97. The summed E-state index contributed by atoms with van der Waals surface area (Å²) < 4.78 is 41.0. The van der Waals surface area contributed by atoms with Gasteiger partial charge < -0.3 is 14.8 Å². The van der Waals surface area contributed by atoms with E-state index in [0.717, 1.165) is 53.2 Å². The van der Waals surface area contributed by atoms with Crippen LogP contribution >= 0.6 is 15.9 Å². The van der Waals surface area contributed by atoms with Gasteiger partial charge in [-0.05, 0) is 31.0 Å². The van der Waals surface area contributed by atoms with Crippen molar-refractivity contribution in [2.45, 2.75) is 25.1 Å². The third kappa shape index (κ3) is 3.78. The number of alkyl halides is 3. The van der Waals surface area contributed by atoms with Crippen molar-refractivity contribution in [2.75, 3.05) is 23.3 Å². The molecule has 0 bridgehead atoms. The summed E-state index contributed by atoms with van der Waals surface area (Å²) in [5.74, 6) is 1.07. The van der Waals surface area contributed by atoms with Gasteiger partial charge >= 0.3 is 6.18 Å². The van der Waals surface area contributed by atoms with E-state index < -0.39 is 11.7 Å². The zero-order valence-corrected chi connectivity index (χ0v) is 16.6. The van der Waals surface area contributed by atoms with Crippen LogP contribution in [0.3, 0.4) is 0 Å². The van der Waals surface area contributed by atoms with Crippen LogP contribution in [0, 0.1) is 0 Å². The molecule has 1 N–H and O–H groups in total. The van der Waals surface area contributed by atoms with Gasteiger partial charge in [-0.2, -0.15) is 13.2 Å². The summed E-state index contributed by atoms with van der Waals surface area (Å²) in [5, 5.41) is 3.15. The molecule has 28 heavy (non-hydrogen) atoms. The number of anilines is 2. The van der Waals surface area contributed by atoms with Gasteiger partial charge in [-0.15, -0.1) is 0 Å². The molecule has 0 amide bonds. The van der Waals surface area contributed by atoms with Gasteiger partial charge in [0.25, 0.3) is 0 Å². The Labute approximate surface area is 167 Å². The molecule has 0 saturated carbocycles. The Hall–Kier alpha value is -2.36. The summed E-state index contributed by atoms with van der Waals surface area (Å²) in [6, 6.07) is 6.01. The monoisotopic (exact) mass is 454 g/mol. The van der Waals surface area contributed by atoms with Gasteiger partial charge in [0.1, 0.15) is 0 Å². The average molecular weight is 455 g/mol. The molecule has 3 aromatic rings. The van der Waals surface area contributed by atoms with Gasteiger partial charge in [0.05, 0.1) is 16.6 Å². The molecule has 2 aromatic heterocycles. The summed E-state index contributed by atoms with van der Waals surface area (Å²) in [6.07, 6.45) is -1.00. The third-order valence-corrected chi connectivity index (χ3v) is 5.33.